The molecule has 3 N–H and O–H groups in total. The Labute approximate surface area is 148 Å². The highest BCUT2D eigenvalue weighted by molar-refractivity contribution is 5.94. The molecule has 2 rings (SSSR count). The minimum atomic E-state index is -0.484. The van der Waals surface area contributed by atoms with E-state index >= 15 is 0 Å². The highest BCUT2D eigenvalue weighted by Crippen LogP contribution is 2.13. The van der Waals surface area contributed by atoms with Crippen LogP contribution in [0.4, 0.5) is 0 Å². The Bertz CT molecular complexity index is 711. The molecule has 2 aromatic rings. The molecule has 0 aliphatic carbocycles. The van der Waals surface area contributed by atoms with Crippen LogP contribution in [-0.2, 0) is 6.54 Å². The van der Waals surface area contributed by atoms with Gasteiger partial charge in [0.1, 0.15) is 5.75 Å². The maximum Gasteiger partial charge on any atom is 0.251 e. The molecule has 0 unspecified atom stereocenters. The Hall–Kier alpha value is -2.82. The van der Waals surface area contributed by atoms with Gasteiger partial charge in [-0.05, 0) is 48.4 Å². The van der Waals surface area contributed by atoms with Crippen molar-refractivity contribution in [2.45, 2.75) is 32.7 Å². The summed E-state index contributed by atoms with van der Waals surface area (Å²) >= 11 is 0. The number of rotatable bonds is 9. The third-order valence-electron chi connectivity index (χ3n) is 3.80. The van der Waals surface area contributed by atoms with Crippen molar-refractivity contribution >= 4 is 11.8 Å². The van der Waals surface area contributed by atoms with E-state index in [1.165, 1.54) is 0 Å². The maximum atomic E-state index is 12.2. The molecule has 0 aromatic heterocycles. The van der Waals surface area contributed by atoms with Crippen molar-refractivity contribution in [3.8, 4) is 5.75 Å². The van der Waals surface area contributed by atoms with Gasteiger partial charge >= 0.3 is 0 Å². The summed E-state index contributed by atoms with van der Waals surface area (Å²) in [5, 5.41) is 2.83. The van der Waals surface area contributed by atoms with Crippen LogP contribution in [-0.4, -0.2) is 18.4 Å². The molecular formula is C20H24N2O3. The lowest BCUT2D eigenvalue weighted by Gasteiger charge is -2.08. The van der Waals surface area contributed by atoms with E-state index in [4.69, 9.17) is 10.5 Å². The summed E-state index contributed by atoms with van der Waals surface area (Å²) < 4.78 is 5.63. The van der Waals surface area contributed by atoms with Crippen molar-refractivity contribution < 1.29 is 14.3 Å². The average Bonchev–Trinajstić information content (AvgIpc) is 2.64. The Morgan fingerprint density at radius 1 is 1.04 bits per heavy atom. The molecule has 0 aliphatic heterocycles. The first kappa shape index (κ1) is 18.5. The van der Waals surface area contributed by atoms with E-state index in [-0.39, 0.29) is 5.91 Å². The average molecular weight is 340 g/mol. The molecule has 132 valence electrons. The molecular weight excluding hydrogens is 316 g/mol. The van der Waals surface area contributed by atoms with Crippen LogP contribution in [0.15, 0.2) is 48.5 Å². The lowest BCUT2D eigenvalue weighted by atomic mass is 10.1. The van der Waals surface area contributed by atoms with Crippen molar-refractivity contribution in [3.05, 3.63) is 65.2 Å². The predicted molar refractivity (Wildman–Crippen MR) is 97.6 cm³/mol. The van der Waals surface area contributed by atoms with Gasteiger partial charge in [-0.25, -0.2) is 0 Å². The van der Waals surface area contributed by atoms with Gasteiger partial charge in [0.05, 0.1) is 6.61 Å². The molecule has 25 heavy (non-hydrogen) atoms. The minimum absolute atomic E-state index is 0.179. The number of ether oxygens (including phenoxy) is 1. The summed E-state index contributed by atoms with van der Waals surface area (Å²) in [7, 11) is 0. The monoisotopic (exact) mass is 340 g/mol. The van der Waals surface area contributed by atoms with Gasteiger partial charge in [-0.3, -0.25) is 9.59 Å². The fourth-order valence-electron chi connectivity index (χ4n) is 2.36. The van der Waals surface area contributed by atoms with E-state index in [9.17, 15) is 9.59 Å². The molecule has 0 saturated carbocycles. The second kappa shape index (κ2) is 9.47. The molecule has 0 spiro atoms. The number of unbranched alkanes of at least 4 members (excludes halogenated alkanes) is 2. The zero-order chi connectivity index (χ0) is 18.1. The summed E-state index contributed by atoms with van der Waals surface area (Å²) in [6.45, 7) is 3.17. The summed E-state index contributed by atoms with van der Waals surface area (Å²) in [5.74, 6) is 0.103. The number of nitrogens with one attached hydrogen (secondary N) is 1. The van der Waals surface area contributed by atoms with Gasteiger partial charge in [-0.2, -0.15) is 0 Å². The standard InChI is InChI=1S/C20H24N2O3/c1-2-3-4-12-25-18-10-8-16(9-11-18)20(24)22-14-15-6-5-7-17(13-15)19(21)23/h5-11,13H,2-4,12,14H2,1H3,(H2,21,23)(H,22,24). The Balaban J connectivity index is 1.86. The van der Waals surface area contributed by atoms with Crippen molar-refractivity contribution in [1.29, 1.82) is 0 Å². The molecule has 0 radical (unpaired) electrons. The molecule has 0 bridgehead atoms. The van der Waals surface area contributed by atoms with E-state index in [1.807, 2.05) is 6.07 Å². The van der Waals surface area contributed by atoms with Crippen molar-refractivity contribution in [1.82, 2.24) is 5.32 Å². The molecule has 5 nitrogen and oxygen atoms in total. The topological polar surface area (TPSA) is 81.4 Å². The van der Waals surface area contributed by atoms with Crippen LogP contribution in [0, 0.1) is 0 Å². The zero-order valence-corrected chi connectivity index (χ0v) is 14.5. The first-order chi connectivity index (χ1) is 12.1. The Kier molecular flexibility index (Phi) is 7.01. The number of hydrogen-bond donors (Lipinski definition) is 2. The van der Waals surface area contributed by atoms with Crippen LogP contribution in [0.2, 0.25) is 0 Å². The maximum absolute atomic E-state index is 12.2. The molecule has 2 amide bonds. The number of benzene rings is 2. The van der Waals surface area contributed by atoms with Crippen molar-refractivity contribution in [2.75, 3.05) is 6.61 Å². The molecule has 0 fully saturated rings. The van der Waals surface area contributed by atoms with E-state index < -0.39 is 5.91 Å². The highest BCUT2D eigenvalue weighted by atomic mass is 16.5. The van der Waals surface area contributed by atoms with Gasteiger partial charge in [-0.1, -0.05) is 31.9 Å². The van der Waals surface area contributed by atoms with Crippen LogP contribution in [0.1, 0.15) is 52.5 Å². The number of primary amides is 1. The summed E-state index contributed by atoms with van der Waals surface area (Å²) in [5.41, 5.74) is 7.07. The molecule has 0 heterocycles. The van der Waals surface area contributed by atoms with Gasteiger partial charge in [0.25, 0.3) is 5.91 Å². The van der Waals surface area contributed by atoms with E-state index in [0.29, 0.717) is 24.3 Å². The van der Waals surface area contributed by atoms with Crippen molar-refractivity contribution in [3.63, 3.8) is 0 Å². The van der Waals surface area contributed by atoms with E-state index in [0.717, 1.165) is 30.6 Å². The second-order valence-electron chi connectivity index (χ2n) is 5.83. The number of carbonyl (C=O) groups is 2. The number of nitrogens with two attached hydrogens (primary N) is 1. The SMILES string of the molecule is CCCCCOc1ccc(C(=O)NCc2cccc(C(N)=O)c2)cc1. The van der Waals surface area contributed by atoms with Crippen LogP contribution >= 0.6 is 0 Å². The minimum Gasteiger partial charge on any atom is -0.494 e. The Morgan fingerprint density at radius 3 is 2.48 bits per heavy atom. The van der Waals surface area contributed by atoms with E-state index in [2.05, 4.69) is 12.2 Å². The molecule has 5 heteroatoms. The first-order valence-electron chi connectivity index (χ1n) is 8.50. The lowest BCUT2D eigenvalue weighted by molar-refractivity contribution is 0.0950. The summed E-state index contributed by atoms with van der Waals surface area (Å²) in [4.78, 5) is 23.4. The first-order valence-corrected chi connectivity index (χ1v) is 8.50. The van der Waals surface area contributed by atoms with Gasteiger partial charge in [0.2, 0.25) is 5.91 Å². The lowest BCUT2D eigenvalue weighted by Crippen LogP contribution is -2.23. The van der Waals surface area contributed by atoms with Gasteiger partial charge < -0.3 is 15.8 Å². The molecule has 0 saturated heterocycles. The third kappa shape index (κ3) is 5.95. The number of carbonyl (C=O) groups excluding carboxylic acids is 2. The second-order valence-corrected chi connectivity index (χ2v) is 5.83. The van der Waals surface area contributed by atoms with Gasteiger partial charge in [0, 0.05) is 17.7 Å². The normalized spacial score (nSPS) is 10.3. The number of hydrogen-bond acceptors (Lipinski definition) is 3. The van der Waals surface area contributed by atoms with E-state index in [1.54, 1.807) is 42.5 Å². The van der Waals surface area contributed by atoms with Crippen LogP contribution in [0.25, 0.3) is 0 Å². The number of amides is 2. The largest absolute Gasteiger partial charge is 0.494 e. The molecule has 0 aliphatic rings. The van der Waals surface area contributed by atoms with Gasteiger partial charge in [-0.15, -0.1) is 0 Å². The smallest absolute Gasteiger partial charge is 0.251 e. The van der Waals surface area contributed by atoms with Gasteiger partial charge in [0.15, 0.2) is 0 Å². The highest BCUT2D eigenvalue weighted by Gasteiger charge is 2.07. The summed E-state index contributed by atoms with van der Waals surface area (Å²) in [6, 6.07) is 14.0. The van der Waals surface area contributed by atoms with Crippen LogP contribution in [0.3, 0.4) is 0 Å². The quantitative estimate of drug-likeness (QED) is 0.687. The Morgan fingerprint density at radius 2 is 1.80 bits per heavy atom. The molecule has 0 atom stereocenters. The predicted octanol–water partition coefficient (Wildman–Crippen LogP) is 3.28. The third-order valence-corrected chi connectivity index (χ3v) is 3.80. The molecule has 2 aromatic carbocycles. The summed E-state index contributed by atoms with van der Waals surface area (Å²) in [6.07, 6.45) is 3.34. The van der Waals surface area contributed by atoms with Crippen LogP contribution in [0.5, 0.6) is 5.75 Å². The van der Waals surface area contributed by atoms with Crippen molar-refractivity contribution in [2.24, 2.45) is 5.73 Å². The zero-order valence-electron chi connectivity index (χ0n) is 14.5. The fraction of sp³-hybridized carbons (Fsp3) is 0.300. The fourth-order valence-corrected chi connectivity index (χ4v) is 2.36. The van der Waals surface area contributed by atoms with Crippen LogP contribution < -0.4 is 15.8 Å².